The number of rotatable bonds is 8. The van der Waals surface area contributed by atoms with E-state index in [1.807, 2.05) is 0 Å². The quantitative estimate of drug-likeness (QED) is 0.730. The van der Waals surface area contributed by atoms with Gasteiger partial charge in [-0.15, -0.1) is 0 Å². The molecule has 0 bridgehead atoms. The molecule has 0 aromatic heterocycles. The number of halogens is 1. The Labute approximate surface area is 140 Å². The molecule has 0 saturated heterocycles. The maximum Gasteiger partial charge on any atom is 0.238 e. The van der Waals surface area contributed by atoms with Crippen LogP contribution in [0.1, 0.15) is 5.56 Å². The molecule has 0 heterocycles. The molecule has 1 amide bonds. The van der Waals surface area contributed by atoms with Crippen LogP contribution in [0.3, 0.4) is 0 Å². The van der Waals surface area contributed by atoms with Crippen LogP contribution in [0.4, 0.5) is 10.1 Å². The summed E-state index contributed by atoms with van der Waals surface area (Å²) in [6.07, 6.45) is 0.516. The summed E-state index contributed by atoms with van der Waals surface area (Å²) in [5, 5.41) is 5.76. The number of hydrogen-bond donors (Lipinski definition) is 2. The van der Waals surface area contributed by atoms with Crippen molar-refractivity contribution in [2.75, 3.05) is 32.6 Å². The summed E-state index contributed by atoms with van der Waals surface area (Å²) in [4.78, 5) is 12.0. The Bertz CT molecular complexity index is 692. The van der Waals surface area contributed by atoms with Crippen molar-refractivity contribution in [2.24, 2.45) is 0 Å². The molecule has 0 atom stereocenters. The predicted octanol–water partition coefficient (Wildman–Crippen LogP) is 2.61. The van der Waals surface area contributed by atoms with Crippen LogP contribution < -0.4 is 20.1 Å². The van der Waals surface area contributed by atoms with Crippen LogP contribution in [0.2, 0.25) is 0 Å². The number of benzene rings is 2. The van der Waals surface area contributed by atoms with E-state index in [9.17, 15) is 9.18 Å². The second kappa shape index (κ2) is 8.88. The third-order valence-corrected chi connectivity index (χ3v) is 3.50. The van der Waals surface area contributed by atoms with Gasteiger partial charge in [-0.05, 0) is 36.7 Å². The number of carbonyl (C=O) groups is 1. The van der Waals surface area contributed by atoms with Crippen molar-refractivity contribution in [2.45, 2.75) is 6.42 Å². The zero-order valence-electron chi connectivity index (χ0n) is 13.8. The number of hydrogen-bond acceptors (Lipinski definition) is 4. The lowest BCUT2D eigenvalue weighted by molar-refractivity contribution is -0.115. The van der Waals surface area contributed by atoms with Crippen molar-refractivity contribution < 1.29 is 18.7 Å². The fraction of sp³-hybridized carbons (Fsp3) is 0.278. The topological polar surface area (TPSA) is 59.6 Å². The van der Waals surface area contributed by atoms with Crippen LogP contribution in [0.25, 0.3) is 0 Å². The van der Waals surface area contributed by atoms with Crippen LogP contribution in [0, 0.1) is 5.82 Å². The summed E-state index contributed by atoms with van der Waals surface area (Å²) in [6.45, 7) is 0.623. The van der Waals surface area contributed by atoms with Gasteiger partial charge in [-0.2, -0.15) is 0 Å². The first kappa shape index (κ1) is 17.7. The van der Waals surface area contributed by atoms with Gasteiger partial charge in [0.1, 0.15) is 17.3 Å². The van der Waals surface area contributed by atoms with Gasteiger partial charge in [0.15, 0.2) is 0 Å². The normalized spacial score (nSPS) is 10.3. The molecule has 5 nitrogen and oxygen atoms in total. The van der Waals surface area contributed by atoms with E-state index in [-0.39, 0.29) is 18.3 Å². The van der Waals surface area contributed by atoms with Crippen LogP contribution >= 0.6 is 0 Å². The van der Waals surface area contributed by atoms with Gasteiger partial charge in [-0.25, -0.2) is 4.39 Å². The van der Waals surface area contributed by atoms with Gasteiger partial charge >= 0.3 is 0 Å². The third-order valence-electron chi connectivity index (χ3n) is 3.50. The molecule has 0 spiro atoms. The lowest BCUT2D eigenvalue weighted by Crippen LogP contribution is -2.29. The minimum absolute atomic E-state index is 0.120. The summed E-state index contributed by atoms with van der Waals surface area (Å²) < 4.78 is 23.8. The van der Waals surface area contributed by atoms with E-state index in [1.54, 1.807) is 43.5 Å². The zero-order chi connectivity index (χ0) is 17.4. The first-order chi connectivity index (χ1) is 11.6. The largest absolute Gasteiger partial charge is 0.497 e. The van der Waals surface area contributed by atoms with E-state index in [4.69, 9.17) is 9.47 Å². The molecule has 0 unspecified atom stereocenters. The number of anilines is 1. The molecule has 0 aliphatic rings. The Morgan fingerprint density at radius 2 is 1.92 bits per heavy atom. The zero-order valence-corrected chi connectivity index (χ0v) is 13.8. The Morgan fingerprint density at radius 3 is 2.62 bits per heavy atom. The molecular weight excluding hydrogens is 311 g/mol. The van der Waals surface area contributed by atoms with Crippen molar-refractivity contribution in [3.05, 3.63) is 53.8 Å². The number of nitrogens with one attached hydrogen (secondary N) is 2. The highest BCUT2D eigenvalue weighted by atomic mass is 19.1. The second-order valence-electron chi connectivity index (χ2n) is 5.13. The Hall–Kier alpha value is -2.60. The standard InChI is InChI=1S/C18H21FN2O3/c1-23-14-7-8-17(24-2)16(11-14)21-18(22)12-20-10-9-13-5-3-4-6-15(13)19/h3-8,11,20H,9-10,12H2,1-2H3,(H,21,22). The molecule has 0 aliphatic carbocycles. The highest BCUT2D eigenvalue weighted by Gasteiger charge is 2.09. The van der Waals surface area contributed by atoms with Crippen molar-refractivity contribution in [1.29, 1.82) is 0 Å². The van der Waals surface area contributed by atoms with E-state index < -0.39 is 0 Å². The molecule has 2 aromatic rings. The summed E-state index contributed by atoms with van der Waals surface area (Å²) in [5.74, 6) is 0.731. The SMILES string of the molecule is COc1ccc(OC)c(NC(=O)CNCCc2ccccc2F)c1. The maximum absolute atomic E-state index is 13.5. The van der Waals surface area contributed by atoms with Crippen molar-refractivity contribution in [3.8, 4) is 11.5 Å². The van der Waals surface area contributed by atoms with Crippen LogP contribution in [0.5, 0.6) is 11.5 Å². The lowest BCUT2D eigenvalue weighted by atomic mass is 10.1. The minimum Gasteiger partial charge on any atom is -0.497 e. The Balaban J connectivity index is 1.82. The van der Waals surface area contributed by atoms with Crippen LogP contribution in [-0.2, 0) is 11.2 Å². The van der Waals surface area contributed by atoms with Crippen molar-refractivity contribution in [1.82, 2.24) is 5.32 Å². The minimum atomic E-state index is -0.232. The van der Waals surface area contributed by atoms with Gasteiger partial charge in [-0.1, -0.05) is 18.2 Å². The van der Waals surface area contributed by atoms with Crippen molar-refractivity contribution >= 4 is 11.6 Å². The first-order valence-corrected chi connectivity index (χ1v) is 7.60. The summed E-state index contributed by atoms with van der Waals surface area (Å²) in [5.41, 5.74) is 1.16. The fourth-order valence-corrected chi connectivity index (χ4v) is 2.23. The Kier molecular flexibility index (Phi) is 6.57. The smallest absolute Gasteiger partial charge is 0.238 e. The number of amides is 1. The van der Waals surface area contributed by atoms with E-state index >= 15 is 0 Å². The van der Waals surface area contributed by atoms with E-state index in [0.29, 0.717) is 35.7 Å². The average Bonchev–Trinajstić information content (AvgIpc) is 2.60. The fourth-order valence-electron chi connectivity index (χ4n) is 2.23. The summed E-state index contributed by atoms with van der Waals surface area (Å²) >= 11 is 0. The molecule has 6 heteroatoms. The van der Waals surface area contributed by atoms with Gasteiger partial charge in [-0.3, -0.25) is 4.79 Å². The molecule has 2 aromatic carbocycles. The molecule has 0 aliphatic heterocycles. The van der Waals surface area contributed by atoms with Crippen LogP contribution in [0.15, 0.2) is 42.5 Å². The Morgan fingerprint density at radius 1 is 1.12 bits per heavy atom. The third kappa shape index (κ3) is 4.96. The maximum atomic E-state index is 13.5. The molecule has 2 N–H and O–H groups in total. The summed E-state index contributed by atoms with van der Waals surface area (Å²) in [6, 6.07) is 11.8. The monoisotopic (exact) mass is 332 g/mol. The van der Waals surface area contributed by atoms with Gasteiger partial charge in [0.05, 0.1) is 26.5 Å². The van der Waals surface area contributed by atoms with Gasteiger partial charge in [0.25, 0.3) is 0 Å². The van der Waals surface area contributed by atoms with Crippen molar-refractivity contribution in [3.63, 3.8) is 0 Å². The van der Waals surface area contributed by atoms with Gasteiger partial charge < -0.3 is 20.1 Å². The molecule has 0 fully saturated rings. The highest BCUT2D eigenvalue weighted by Crippen LogP contribution is 2.28. The van der Waals surface area contributed by atoms with Crippen LogP contribution in [-0.4, -0.2) is 33.2 Å². The predicted molar refractivity (Wildman–Crippen MR) is 91.1 cm³/mol. The molecule has 2 rings (SSSR count). The first-order valence-electron chi connectivity index (χ1n) is 7.60. The lowest BCUT2D eigenvalue weighted by Gasteiger charge is -2.12. The molecular formula is C18H21FN2O3. The molecule has 0 saturated carbocycles. The highest BCUT2D eigenvalue weighted by molar-refractivity contribution is 5.93. The average molecular weight is 332 g/mol. The van der Waals surface area contributed by atoms with E-state index in [2.05, 4.69) is 10.6 Å². The summed E-state index contributed by atoms with van der Waals surface area (Å²) in [7, 11) is 3.09. The van der Waals surface area contributed by atoms with E-state index in [0.717, 1.165) is 0 Å². The molecule has 24 heavy (non-hydrogen) atoms. The second-order valence-corrected chi connectivity index (χ2v) is 5.13. The molecule has 0 radical (unpaired) electrons. The van der Waals surface area contributed by atoms with E-state index in [1.165, 1.54) is 13.2 Å². The van der Waals surface area contributed by atoms with Gasteiger partial charge in [0, 0.05) is 6.07 Å². The van der Waals surface area contributed by atoms with Gasteiger partial charge in [0.2, 0.25) is 5.91 Å². The number of carbonyl (C=O) groups excluding carboxylic acids is 1. The number of ether oxygens (including phenoxy) is 2. The number of methoxy groups -OCH3 is 2. The molecule has 128 valence electrons.